The molecular weight excluding hydrogens is 388 g/mol. The molecule has 4 rings (SSSR count). The van der Waals surface area contributed by atoms with Crippen LogP contribution in [0.5, 0.6) is 5.75 Å². The fourth-order valence-corrected chi connectivity index (χ4v) is 4.60. The molecule has 0 amide bonds. The lowest BCUT2D eigenvalue weighted by Crippen LogP contribution is -2.13. The molecule has 3 aromatic carbocycles. The van der Waals surface area contributed by atoms with E-state index in [2.05, 4.69) is 92.4 Å². The van der Waals surface area contributed by atoms with Gasteiger partial charge in [0.2, 0.25) is 0 Å². The second-order valence-electron chi connectivity index (χ2n) is 8.72. The Morgan fingerprint density at radius 3 is 2.44 bits per heavy atom. The standard InChI is InChI=1S/C31H34O/c1-3-5-7-8-24-9-11-25(12-10-24)27-13-15-30-23-28(14-16-29(30)22-27)26-17-19-31(20-18-26)32-21-6-4-2/h3-5,9-12,14,16-20,23,27H,2,6-8,13,15,21-22H2,1H3/b5-3+. The molecule has 0 radical (unpaired) electrons. The van der Waals surface area contributed by atoms with Crippen LogP contribution in [0.1, 0.15) is 54.4 Å². The zero-order valence-corrected chi connectivity index (χ0v) is 19.2. The van der Waals surface area contributed by atoms with Gasteiger partial charge in [0.05, 0.1) is 6.61 Å². The largest absolute Gasteiger partial charge is 0.493 e. The van der Waals surface area contributed by atoms with Crippen LogP contribution in [0.3, 0.4) is 0 Å². The molecule has 0 aliphatic heterocycles. The van der Waals surface area contributed by atoms with Gasteiger partial charge in [0.15, 0.2) is 0 Å². The van der Waals surface area contributed by atoms with Gasteiger partial charge < -0.3 is 4.74 Å². The van der Waals surface area contributed by atoms with E-state index in [1.54, 1.807) is 0 Å². The third-order valence-corrected chi connectivity index (χ3v) is 6.50. The molecule has 32 heavy (non-hydrogen) atoms. The molecule has 0 bridgehead atoms. The number of benzene rings is 3. The van der Waals surface area contributed by atoms with Gasteiger partial charge in [-0.2, -0.15) is 0 Å². The molecule has 1 nitrogen and oxygen atoms in total. The highest BCUT2D eigenvalue weighted by Gasteiger charge is 2.20. The first kappa shape index (κ1) is 22.1. The molecule has 3 aromatic rings. The summed E-state index contributed by atoms with van der Waals surface area (Å²) in [5, 5.41) is 0. The van der Waals surface area contributed by atoms with Crippen LogP contribution in [0, 0.1) is 0 Å². The Morgan fingerprint density at radius 2 is 1.69 bits per heavy atom. The lowest BCUT2D eigenvalue weighted by molar-refractivity contribution is 0.325. The van der Waals surface area contributed by atoms with Crippen LogP contribution < -0.4 is 4.74 Å². The summed E-state index contributed by atoms with van der Waals surface area (Å²) in [4.78, 5) is 0. The van der Waals surface area contributed by atoms with Crippen molar-refractivity contribution in [1.29, 1.82) is 0 Å². The number of hydrogen-bond acceptors (Lipinski definition) is 1. The molecule has 1 aliphatic carbocycles. The molecule has 1 atom stereocenters. The molecular formula is C31H34O. The molecule has 1 unspecified atom stereocenters. The van der Waals surface area contributed by atoms with E-state index in [0.717, 1.165) is 37.9 Å². The summed E-state index contributed by atoms with van der Waals surface area (Å²) in [6.45, 7) is 6.51. The van der Waals surface area contributed by atoms with E-state index in [0.29, 0.717) is 12.5 Å². The van der Waals surface area contributed by atoms with Gasteiger partial charge in [-0.3, -0.25) is 0 Å². The number of ether oxygens (including phenoxy) is 1. The Morgan fingerprint density at radius 1 is 0.906 bits per heavy atom. The van der Waals surface area contributed by atoms with Crippen molar-refractivity contribution >= 4 is 0 Å². The molecule has 0 heterocycles. The molecule has 0 fully saturated rings. The van der Waals surface area contributed by atoms with Crippen LogP contribution >= 0.6 is 0 Å². The maximum atomic E-state index is 5.74. The van der Waals surface area contributed by atoms with Crippen molar-refractivity contribution in [1.82, 2.24) is 0 Å². The quantitative estimate of drug-likeness (QED) is 0.250. The molecule has 164 valence electrons. The van der Waals surface area contributed by atoms with Gasteiger partial charge in [-0.05, 0) is 96.9 Å². The minimum absolute atomic E-state index is 0.630. The Hall–Kier alpha value is -3.06. The van der Waals surface area contributed by atoms with E-state index in [1.165, 1.54) is 39.8 Å². The third kappa shape index (κ3) is 5.59. The first-order chi connectivity index (χ1) is 15.8. The van der Waals surface area contributed by atoms with Crippen molar-refractivity contribution in [2.45, 2.75) is 51.4 Å². The average molecular weight is 423 g/mol. The van der Waals surface area contributed by atoms with Crippen LogP contribution in [-0.2, 0) is 19.3 Å². The van der Waals surface area contributed by atoms with Gasteiger partial charge in [0.1, 0.15) is 5.75 Å². The lowest BCUT2D eigenvalue weighted by atomic mass is 9.79. The molecule has 0 N–H and O–H groups in total. The van der Waals surface area contributed by atoms with E-state index in [9.17, 15) is 0 Å². The summed E-state index contributed by atoms with van der Waals surface area (Å²) in [6.07, 6.45) is 12.9. The lowest BCUT2D eigenvalue weighted by Gasteiger charge is -2.26. The summed E-state index contributed by atoms with van der Waals surface area (Å²) in [5.74, 6) is 1.55. The van der Waals surface area contributed by atoms with Crippen molar-refractivity contribution < 1.29 is 4.74 Å². The van der Waals surface area contributed by atoms with Gasteiger partial charge in [-0.25, -0.2) is 0 Å². The van der Waals surface area contributed by atoms with E-state index >= 15 is 0 Å². The molecule has 0 spiro atoms. The van der Waals surface area contributed by atoms with Crippen molar-refractivity contribution in [2.75, 3.05) is 6.61 Å². The van der Waals surface area contributed by atoms with Gasteiger partial charge in [-0.1, -0.05) is 72.8 Å². The zero-order valence-electron chi connectivity index (χ0n) is 19.2. The Balaban J connectivity index is 1.40. The third-order valence-electron chi connectivity index (χ3n) is 6.50. The highest BCUT2D eigenvalue weighted by molar-refractivity contribution is 5.66. The average Bonchev–Trinajstić information content (AvgIpc) is 2.85. The number of rotatable bonds is 9. The van der Waals surface area contributed by atoms with Crippen LogP contribution in [0.15, 0.2) is 91.5 Å². The Kier molecular flexibility index (Phi) is 7.61. The number of fused-ring (bicyclic) bond motifs is 1. The molecule has 0 saturated carbocycles. The summed E-state index contributed by atoms with van der Waals surface area (Å²) in [7, 11) is 0. The fourth-order valence-electron chi connectivity index (χ4n) is 4.60. The summed E-state index contributed by atoms with van der Waals surface area (Å²) in [6, 6.07) is 24.8. The molecule has 1 aliphatic rings. The SMILES string of the molecule is C=CCCOc1ccc(-c2ccc3c(c2)CCC(c2ccc(CC/C=C/C)cc2)C3)cc1. The number of aryl methyl sites for hydroxylation is 2. The minimum atomic E-state index is 0.630. The van der Waals surface area contributed by atoms with Crippen molar-refractivity contribution in [3.63, 3.8) is 0 Å². The Labute approximate surface area is 193 Å². The maximum absolute atomic E-state index is 5.74. The van der Waals surface area contributed by atoms with Gasteiger partial charge >= 0.3 is 0 Å². The van der Waals surface area contributed by atoms with Gasteiger partial charge in [0, 0.05) is 0 Å². The van der Waals surface area contributed by atoms with Crippen molar-refractivity contribution in [2.24, 2.45) is 0 Å². The summed E-state index contributed by atoms with van der Waals surface area (Å²) >= 11 is 0. The van der Waals surface area contributed by atoms with E-state index < -0.39 is 0 Å². The predicted octanol–water partition coefficient (Wildman–Crippen LogP) is 8.09. The first-order valence-electron chi connectivity index (χ1n) is 11.9. The van der Waals surface area contributed by atoms with Crippen molar-refractivity contribution in [3.05, 3.63) is 114 Å². The normalized spacial score (nSPS) is 15.5. The first-order valence-corrected chi connectivity index (χ1v) is 11.9. The highest BCUT2D eigenvalue weighted by atomic mass is 16.5. The fraction of sp³-hybridized carbons (Fsp3) is 0.290. The van der Waals surface area contributed by atoms with E-state index in [1.807, 2.05) is 6.08 Å². The van der Waals surface area contributed by atoms with Gasteiger partial charge in [-0.15, -0.1) is 6.58 Å². The van der Waals surface area contributed by atoms with Crippen LogP contribution in [-0.4, -0.2) is 6.61 Å². The Bertz CT molecular complexity index is 1040. The van der Waals surface area contributed by atoms with Crippen LogP contribution in [0.4, 0.5) is 0 Å². The molecule has 0 aromatic heterocycles. The second-order valence-corrected chi connectivity index (χ2v) is 8.72. The summed E-state index contributed by atoms with van der Waals surface area (Å²) in [5.41, 5.74) is 8.48. The minimum Gasteiger partial charge on any atom is -0.493 e. The summed E-state index contributed by atoms with van der Waals surface area (Å²) < 4.78 is 5.74. The van der Waals surface area contributed by atoms with E-state index in [4.69, 9.17) is 4.74 Å². The smallest absolute Gasteiger partial charge is 0.119 e. The van der Waals surface area contributed by atoms with Crippen LogP contribution in [0.2, 0.25) is 0 Å². The number of allylic oxidation sites excluding steroid dienone is 2. The topological polar surface area (TPSA) is 9.23 Å². The van der Waals surface area contributed by atoms with Crippen LogP contribution in [0.25, 0.3) is 11.1 Å². The molecule has 0 saturated heterocycles. The van der Waals surface area contributed by atoms with Gasteiger partial charge in [0.25, 0.3) is 0 Å². The zero-order chi connectivity index (χ0) is 22.2. The maximum Gasteiger partial charge on any atom is 0.119 e. The molecule has 1 heteroatoms. The predicted molar refractivity (Wildman–Crippen MR) is 137 cm³/mol. The number of hydrogen-bond donors (Lipinski definition) is 0. The van der Waals surface area contributed by atoms with E-state index in [-0.39, 0.29) is 0 Å². The second kappa shape index (κ2) is 11.0. The highest BCUT2D eigenvalue weighted by Crippen LogP contribution is 2.35. The van der Waals surface area contributed by atoms with Crippen molar-refractivity contribution in [3.8, 4) is 16.9 Å². The monoisotopic (exact) mass is 422 g/mol.